The van der Waals surface area contributed by atoms with Gasteiger partial charge in [0.25, 0.3) is 0 Å². The van der Waals surface area contributed by atoms with Gasteiger partial charge in [0.1, 0.15) is 0 Å². The highest BCUT2D eigenvalue weighted by Crippen LogP contribution is 2.40. The first kappa shape index (κ1) is 10.9. The van der Waals surface area contributed by atoms with E-state index in [2.05, 4.69) is 29.6 Å². The maximum Gasteiger partial charge on any atom is 0.0655 e. The summed E-state index contributed by atoms with van der Waals surface area (Å²) in [5.74, 6) is 0. The molecule has 2 aromatic carbocycles. The summed E-state index contributed by atoms with van der Waals surface area (Å²) in [6.45, 7) is 0. The van der Waals surface area contributed by atoms with Crippen LogP contribution in [0.4, 0.5) is 5.69 Å². The van der Waals surface area contributed by atoms with Crippen LogP contribution in [0.3, 0.4) is 0 Å². The average Bonchev–Trinajstić information content (AvgIpc) is 2.74. The van der Waals surface area contributed by atoms with Gasteiger partial charge >= 0.3 is 0 Å². The molecule has 0 saturated heterocycles. The Morgan fingerprint density at radius 3 is 2.59 bits per heavy atom. The summed E-state index contributed by atoms with van der Waals surface area (Å²) in [6, 6.07) is 14.4. The van der Waals surface area contributed by atoms with Gasteiger partial charge in [0.05, 0.1) is 16.8 Å². The molecule has 86 valence electrons. The highest BCUT2D eigenvalue weighted by molar-refractivity contribution is 6.36. The molecule has 1 aliphatic rings. The molecule has 0 radical (unpaired) electrons. The smallest absolute Gasteiger partial charge is 0.0655 e. The molecule has 3 rings (SSSR count). The van der Waals surface area contributed by atoms with Gasteiger partial charge in [-0.15, -0.1) is 0 Å². The first-order valence-corrected chi connectivity index (χ1v) is 6.29. The van der Waals surface area contributed by atoms with E-state index in [9.17, 15) is 0 Å². The minimum atomic E-state index is 0.294. The summed E-state index contributed by atoms with van der Waals surface area (Å²) in [7, 11) is 0. The molecule has 17 heavy (non-hydrogen) atoms. The lowest BCUT2D eigenvalue weighted by atomic mass is 10.0. The second kappa shape index (κ2) is 4.25. The quantitative estimate of drug-likeness (QED) is 0.787. The van der Waals surface area contributed by atoms with Crippen LogP contribution >= 0.6 is 23.2 Å². The van der Waals surface area contributed by atoms with Gasteiger partial charge in [-0.05, 0) is 29.7 Å². The second-order valence-electron chi connectivity index (χ2n) is 4.23. The molecular formula is C14H11Cl2N. The van der Waals surface area contributed by atoms with Gasteiger partial charge in [-0.25, -0.2) is 0 Å². The Bertz CT molecular complexity index is 552. The van der Waals surface area contributed by atoms with Crippen molar-refractivity contribution in [3.05, 3.63) is 63.6 Å². The predicted octanol–water partition coefficient (Wildman–Crippen LogP) is 4.70. The van der Waals surface area contributed by atoms with Crippen molar-refractivity contribution in [3.8, 4) is 0 Å². The van der Waals surface area contributed by atoms with Gasteiger partial charge in [-0.3, -0.25) is 0 Å². The monoisotopic (exact) mass is 263 g/mol. The van der Waals surface area contributed by atoms with Crippen molar-refractivity contribution < 1.29 is 0 Å². The van der Waals surface area contributed by atoms with Crippen LogP contribution in [0.15, 0.2) is 42.5 Å². The van der Waals surface area contributed by atoms with Crippen molar-refractivity contribution in [1.29, 1.82) is 0 Å². The highest BCUT2D eigenvalue weighted by atomic mass is 35.5. The normalized spacial score (nSPS) is 17.6. The lowest BCUT2D eigenvalue weighted by Gasteiger charge is -2.11. The molecule has 2 aromatic rings. The van der Waals surface area contributed by atoms with Crippen LogP contribution in [0.5, 0.6) is 0 Å². The van der Waals surface area contributed by atoms with E-state index in [0.29, 0.717) is 16.1 Å². The summed E-state index contributed by atoms with van der Waals surface area (Å²) in [5, 5.41) is 4.85. The van der Waals surface area contributed by atoms with Crippen molar-refractivity contribution in [2.45, 2.75) is 12.5 Å². The van der Waals surface area contributed by atoms with Crippen LogP contribution in [0.25, 0.3) is 0 Å². The molecule has 1 nitrogen and oxygen atoms in total. The fourth-order valence-electron chi connectivity index (χ4n) is 2.28. The molecule has 0 aliphatic carbocycles. The zero-order valence-corrected chi connectivity index (χ0v) is 10.6. The average molecular weight is 264 g/mol. The maximum atomic E-state index is 6.18. The number of rotatable bonds is 1. The summed E-state index contributed by atoms with van der Waals surface area (Å²) < 4.78 is 0. The number of fused-ring (bicyclic) bond motifs is 1. The van der Waals surface area contributed by atoms with Crippen molar-refractivity contribution in [2.24, 2.45) is 0 Å². The predicted molar refractivity (Wildman–Crippen MR) is 73.0 cm³/mol. The topological polar surface area (TPSA) is 12.0 Å². The molecule has 1 atom stereocenters. The number of nitrogens with one attached hydrogen (secondary N) is 1. The minimum absolute atomic E-state index is 0.294. The molecule has 0 bridgehead atoms. The van der Waals surface area contributed by atoms with E-state index < -0.39 is 0 Å². The zero-order chi connectivity index (χ0) is 11.8. The number of anilines is 1. The third-order valence-corrected chi connectivity index (χ3v) is 3.60. The number of halogens is 2. The Morgan fingerprint density at radius 1 is 1.06 bits per heavy atom. The fourth-order valence-corrected chi connectivity index (χ4v) is 2.87. The molecule has 0 aromatic heterocycles. The van der Waals surface area contributed by atoms with Crippen LogP contribution in [0.1, 0.15) is 17.2 Å². The summed E-state index contributed by atoms with van der Waals surface area (Å²) in [5.41, 5.74) is 3.48. The van der Waals surface area contributed by atoms with E-state index in [0.717, 1.165) is 12.1 Å². The van der Waals surface area contributed by atoms with E-state index in [4.69, 9.17) is 23.2 Å². The van der Waals surface area contributed by atoms with E-state index in [1.165, 1.54) is 11.1 Å². The number of hydrogen-bond donors (Lipinski definition) is 1. The van der Waals surface area contributed by atoms with Crippen molar-refractivity contribution >= 4 is 28.9 Å². The van der Waals surface area contributed by atoms with Crippen LogP contribution in [-0.2, 0) is 6.42 Å². The molecule has 3 heteroatoms. The second-order valence-corrected chi connectivity index (χ2v) is 5.08. The molecular weight excluding hydrogens is 253 g/mol. The lowest BCUT2D eigenvalue weighted by Crippen LogP contribution is -2.05. The summed E-state index contributed by atoms with van der Waals surface area (Å²) in [4.78, 5) is 0. The Labute approximate surface area is 110 Å². The number of hydrogen-bond acceptors (Lipinski definition) is 1. The molecule has 1 heterocycles. The van der Waals surface area contributed by atoms with E-state index in [1.807, 2.05) is 12.1 Å². The first-order chi connectivity index (χ1) is 8.24. The maximum absolute atomic E-state index is 6.18. The Kier molecular flexibility index (Phi) is 2.73. The summed E-state index contributed by atoms with van der Waals surface area (Å²) >= 11 is 12.2. The van der Waals surface area contributed by atoms with Gasteiger partial charge in [0.15, 0.2) is 0 Å². The van der Waals surface area contributed by atoms with Crippen molar-refractivity contribution in [3.63, 3.8) is 0 Å². The highest BCUT2D eigenvalue weighted by Gasteiger charge is 2.24. The van der Waals surface area contributed by atoms with Crippen LogP contribution in [0, 0.1) is 0 Å². The first-order valence-electron chi connectivity index (χ1n) is 5.53. The Hall–Kier alpha value is -1.18. The van der Waals surface area contributed by atoms with E-state index in [-0.39, 0.29) is 0 Å². The van der Waals surface area contributed by atoms with Gasteiger partial charge in [0, 0.05) is 5.02 Å². The third kappa shape index (κ3) is 2.01. The fraction of sp³-hybridized carbons (Fsp3) is 0.143. The van der Waals surface area contributed by atoms with Crippen LogP contribution < -0.4 is 5.32 Å². The van der Waals surface area contributed by atoms with Gasteiger partial charge in [-0.1, -0.05) is 53.5 Å². The molecule has 1 aliphatic heterocycles. The molecule has 0 saturated carbocycles. The number of benzene rings is 2. The SMILES string of the molecule is Clc1cc(Cl)c2c(c1)CC(c1ccccc1)N2. The standard InChI is InChI=1S/C14H11Cl2N/c15-11-6-10-7-13(9-4-2-1-3-5-9)17-14(10)12(16)8-11/h1-6,8,13,17H,7H2. The van der Waals surface area contributed by atoms with Crippen LogP contribution in [-0.4, -0.2) is 0 Å². The van der Waals surface area contributed by atoms with Gasteiger partial charge in [-0.2, -0.15) is 0 Å². The van der Waals surface area contributed by atoms with Crippen LogP contribution in [0.2, 0.25) is 10.0 Å². The molecule has 0 fully saturated rings. The molecule has 1 unspecified atom stereocenters. The molecule has 0 spiro atoms. The Balaban J connectivity index is 1.96. The summed E-state index contributed by atoms with van der Waals surface area (Å²) in [6.07, 6.45) is 0.930. The minimum Gasteiger partial charge on any atom is -0.376 e. The van der Waals surface area contributed by atoms with Gasteiger partial charge in [0.2, 0.25) is 0 Å². The van der Waals surface area contributed by atoms with Crippen molar-refractivity contribution in [1.82, 2.24) is 0 Å². The third-order valence-electron chi connectivity index (χ3n) is 3.08. The Morgan fingerprint density at radius 2 is 1.82 bits per heavy atom. The molecule has 1 N–H and O–H groups in total. The van der Waals surface area contributed by atoms with Gasteiger partial charge < -0.3 is 5.32 Å². The van der Waals surface area contributed by atoms with Crippen molar-refractivity contribution in [2.75, 3.05) is 5.32 Å². The zero-order valence-electron chi connectivity index (χ0n) is 9.08. The van der Waals surface area contributed by atoms with E-state index in [1.54, 1.807) is 6.07 Å². The molecule has 0 amide bonds. The largest absolute Gasteiger partial charge is 0.376 e. The van der Waals surface area contributed by atoms with E-state index >= 15 is 0 Å². The lowest BCUT2D eigenvalue weighted by molar-refractivity contribution is 0.824.